The van der Waals surface area contributed by atoms with Crippen molar-refractivity contribution in [3.05, 3.63) is 154 Å². The Morgan fingerprint density at radius 1 is 0.727 bits per heavy atom. The number of rotatable bonds is 7. The third-order valence-electron chi connectivity index (χ3n) is 7.51. The lowest BCUT2D eigenvalue weighted by molar-refractivity contribution is -0.113. The molecule has 5 nitrogen and oxygen atoms in total. The van der Waals surface area contributed by atoms with Crippen LogP contribution >= 0.6 is 0 Å². The summed E-state index contributed by atoms with van der Waals surface area (Å²) < 4.78 is 32.5. The van der Waals surface area contributed by atoms with Crippen molar-refractivity contribution in [2.24, 2.45) is 0 Å². The lowest BCUT2D eigenvalue weighted by atomic mass is 9.89. The van der Waals surface area contributed by atoms with Crippen molar-refractivity contribution < 1.29 is 28.5 Å². The molecule has 44 heavy (non-hydrogen) atoms. The Kier molecular flexibility index (Phi) is 7.69. The topological polar surface area (TPSA) is 70.0 Å². The molecule has 0 saturated carbocycles. The van der Waals surface area contributed by atoms with Crippen LogP contribution in [-0.4, -0.2) is 23.2 Å². The number of ether oxygens (including phenoxy) is 1. The Morgan fingerprint density at radius 2 is 1.30 bits per heavy atom. The summed E-state index contributed by atoms with van der Waals surface area (Å²) in [5.41, 5.74) is 6.04. The van der Waals surface area contributed by atoms with Crippen molar-refractivity contribution in [3.8, 4) is 17.2 Å². The van der Waals surface area contributed by atoms with Gasteiger partial charge in [-0.15, -0.1) is 0 Å². The molecule has 0 fully saturated rings. The second-order valence-corrected chi connectivity index (χ2v) is 10.4. The SMILES string of the molecule is COc1ccc(CN2C(=O)C(=C(c3ccc(O)cc3)c3ccc(O)cc3)c3cc(/C=C/c4ccc(F)c(F)c4)ccc32)cc1. The fourth-order valence-electron chi connectivity index (χ4n) is 5.28. The Labute approximate surface area is 253 Å². The second-order valence-electron chi connectivity index (χ2n) is 10.4. The van der Waals surface area contributed by atoms with Crippen LogP contribution in [0.25, 0.3) is 23.3 Å². The second kappa shape index (κ2) is 11.9. The lowest BCUT2D eigenvalue weighted by Crippen LogP contribution is -2.26. The van der Waals surface area contributed by atoms with Gasteiger partial charge in [0.1, 0.15) is 17.2 Å². The van der Waals surface area contributed by atoms with E-state index in [1.54, 1.807) is 72.7 Å². The van der Waals surface area contributed by atoms with Crippen molar-refractivity contribution in [2.75, 3.05) is 12.0 Å². The number of anilines is 1. The number of hydrogen-bond acceptors (Lipinski definition) is 4. The first-order chi connectivity index (χ1) is 21.3. The van der Waals surface area contributed by atoms with Crippen LogP contribution in [0.4, 0.5) is 14.5 Å². The van der Waals surface area contributed by atoms with Gasteiger partial charge >= 0.3 is 0 Å². The maximum absolute atomic E-state index is 14.4. The minimum atomic E-state index is -0.932. The van der Waals surface area contributed by atoms with Gasteiger partial charge in [-0.25, -0.2) is 8.78 Å². The van der Waals surface area contributed by atoms with Crippen LogP contribution in [0.5, 0.6) is 17.2 Å². The maximum atomic E-state index is 14.4. The Balaban J connectivity index is 1.53. The van der Waals surface area contributed by atoms with E-state index in [2.05, 4.69) is 0 Å². The molecule has 0 saturated heterocycles. The van der Waals surface area contributed by atoms with Gasteiger partial charge in [0.15, 0.2) is 11.6 Å². The van der Waals surface area contributed by atoms with Crippen LogP contribution in [0.1, 0.15) is 33.4 Å². The fraction of sp³-hybridized carbons (Fsp3) is 0.0541. The molecule has 0 radical (unpaired) electrons. The van der Waals surface area contributed by atoms with Gasteiger partial charge in [0, 0.05) is 11.1 Å². The summed E-state index contributed by atoms with van der Waals surface area (Å²) in [4.78, 5) is 16.1. The monoisotopic (exact) mass is 587 g/mol. The van der Waals surface area contributed by atoms with Crippen molar-refractivity contribution in [1.82, 2.24) is 0 Å². The molecule has 0 aliphatic carbocycles. The smallest absolute Gasteiger partial charge is 0.259 e. The highest BCUT2D eigenvalue weighted by atomic mass is 19.2. The molecular weight excluding hydrogens is 560 g/mol. The first kappa shape index (κ1) is 28.4. The average Bonchev–Trinajstić information content (AvgIpc) is 3.30. The molecule has 5 aromatic carbocycles. The predicted octanol–water partition coefficient (Wildman–Crippen LogP) is 8.06. The number of phenolic OH excluding ortho intramolecular Hbond substituents is 2. The van der Waals surface area contributed by atoms with Crippen LogP contribution < -0.4 is 9.64 Å². The number of aromatic hydroxyl groups is 2. The summed E-state index contributed by atoms with van der Waals surface area (Å²) in [6.45, 7) is 0.307. The van der Waals surface area contributed by atoms with Gasteiger partial charge in [0.05, 0.1) is 24.9 Å². The molecule has 0 atom stereocenters. The number of carbonyl (C=O) groups is 1. The van der Waals surface area contributed by atoms with E-state index in [9.17, 15) is 23.8 Å². The zero-order valence-corrected chi connectivity index (χ0v) is 23.7. The molecule has 218 valence electrons. The van der Waals surface area contributed by atoms with E-state index in [-0.39, 0.29) is 17.4 Å². The highest BCUT2D eigenvalue weighted by Crippen LogP contribution is 2.44. The molecule has 2 N–H and O–H groups in total. The zero-order chi connectivity index (χ0) is 30.8. The quantitative estimate of drug-likeness (QED) is 0.149. The van der Waals surface area contributed by atoms with Crippen LogP contribution in [0.2, 0.25) is 0 Å². The summed E-state index contributed by atoms with van der Waals surface area (Å²) in [6.07, 6.45) is 3.46. The molecule has 1 heterocycles. The van der Waals surface area contributed by atoms with Crippen molar-refractivity contribution in [1.29, 1.82) is 0 Å². The zero-order valence-electron chi connectivity index (χ0n) is 23.7. The lowest BCUT2D eigenvalue weighted by Gasteiger charge is -2.18. The molecule has 0 bridgehead atoms. The Morgan fingerprint density at radius 3 is 1.86 bits per heavy atom. The number of amides is 1. The minimum absolute atomic E-state index is 0.0905. The average molecular weight is 588 g/mol. The molecule has 1 aliphatic heterocycles. The Bertz CT molecular complexity index is 1860. The predicted molar refractivity (Wildman–Crippen MR) is 168 cm³/mol. The van der Waals surface area contributed by atoms with E-state index in [0.717, 1.165) is 23.3 Å². The molecule has 0 spiro atoms. The Hall–Kier alpha value is -5.69. The number of fused-ring (bicyclic) bond motifs is 1. The number of benzene rings is 5. The van der Waals surface area contributed by atoms with E-state index >= 15 is 0 Å². The van der Waals surface area contributed by atoms with Gasteiger partial charge in [-0.05, 0) is 88.5 Å². The van der Waals surface area contributed by atoms with Crippen LogP contribution in [0, 0.1) is 11.6 Å². The van der Waals surface area contributed by atoms with Crippen LogP contribution in [-0.2, 0) is 11.3 Å². The number of carbonyl (C=O) groups excluding carboxylic acids is 1. The van der Waals surface area contributed by atoms with E-state index in [0.29, 0.717) is 51.4 Å². The van der Waals surface area contributed by atoms with Crippen molar-refractivity contribution in [3.63, 3.8) is 0 Å². The van der Waals surface area contributed by atoms with Gasteiger partial charge in [0.25, 0.3) is 5.91 Å². The summed E-state index contributed by atoms with van der Waals surface area (Å²) in [5.74, 6) is -1.17. The van der Waals surface area contributed by atoms with E-state index in [1.807, 2.05) is 42.5 Å². The molecule has 5 aromatic rings. The third kappa shape index (κ3) is 5.68. The number of nitrogens with zero attached hydrogens (tertiary/aromatic N) is 1. The molecule has 0 aromatic heterocycles. The van der Waals surface area contributed by atoms with Gasteiger partial charge in [-0.2, -0.15) is 0 Å². The van der Waals surface area contributed by atoms with Crippen LogP contribution in [0.15, 0.2) is 109 Å². The van der Waals surface area contributed by atoms with Gasteiger partial charge in [-0.1, -0.05) is 60.7 Å². The third-order valence-corrected chi connectivity index (χ3v) is 7.51. The van der Waals surface area contributed by atoms with Crippen molar-refractivity contribution in [2.45, 2.75) is 6.54 Å². The summed E-state index contributed by atoms with van der Waals surface area (Å²) >= 11 is 0. The number of halogens is 2. The molecule has 1 amide bonds. The molecule has 7 heteroatoms. The maximum Gasteiger partial charge on any atom is 0.259 e. The standard InChI is InChI=1S/C37H27F2NO4/c1-44-30-16-4-25(5-17-30)22-40-34-19-7-23(2-3-24-6-18-32(38)33(39)21-24)20-31(34)36(37(40)43)35(26-8-12-28(41)13-9-26)27-10-14-29(42)15-11-27/h2-21,41-42H,22H2,1H3/b3-2+. The molecule has 6 rings (SSSR count). The van der Waals surface area contributed by atoms with Crippen molar-refractivity contribution >= 4 is 34.9 Å². The van der Waals surface area contributed by atoms with E-state index < -0.39 is 11.6 Å². The molecular formula is C37H27F2NO4. The summed E-state index contributed by atoms with van der Waals surface area (Å²) in [7, 11) is 1.60. The minimum Gasteiger partial charge on any atom is -0.508 e. The fourth-order valence-corrected chi connectivity index (χ4v) is 5.28. The largest absolute Gasteiger partial charge is 0.508 e. The number of phenols is 2. The van der Waals surface area contributed by atoms with Gasteiger partial charge < -0.3 is 19.8 Å². The number of hydrogen-bond donors (Lipinski definition) is 2. The summed E-state index contributed by atoms with van der Waals surface area (Å²) in [5, 5.41) is 20.0. The normalized spacial score (nSPS) is 12.6. The van der Waals surface area contributed by atoms with E-state index in [1.165, 1.54) is 6.07 Å². The molecule has 0 unspecified atom stereocenters. The van der Waals surface area contributed by atoms with E-state index in [4.69, 9.17) is 4.74 Å². The highest BCUT2D eigenvalue weighted by molar-refractivity contribution is 6.39. The summed E-state index contributed by atoms with van der Waals surface area (Å²) in [6, 6.07) is 30.1. The highest BCUT2D eigenvalue weighted by Gasteiger charge is 2.35. The van der Waals surface area contributed by atoms with Gasteiger partial charge in [-0.3, -0.25) is 4.79 Å². The first-order valence-corrected chi connectivity index (χ1v) is 13.9. The first-order valence-electron chi connectivity index (χ1n) is 13.9. The van der Waals surface area contributed by atoms with Crippen LogP contribution in [0.3, 0.4) is 0 Å². The van der Waals surface area contributed by atoms with Gasteiger partial charge in [0.2, 0.25) is 0 Å². The number of methoxy groups -OCH3 is 1. The molecule has 1 aliphatic rings.